The van der Waals surface area contributed by atoms with Gasteiger partial charge in [-0.25, -0.2) is 4.79 Å². The van der Waals surface area contributed by atoms with Crippen LogP contribution in [-0.4, -0.2) is 27.6 Å². The lowest BCUT2D eigenvalue weighted by molar-refractivity contribution is -0.181. The molecule has 4 rings (SSSR count). The number of ketones is 1. The van der Waals surface area contributed by atoms with E-state index in [4.69, 9.17) is 0 Å². The fourth-order valence-electron chi connectivity index (χ4n) is 6.93. The molecule has 4 aliphatic rings. The molecule has 24 heavy (non-hydrogen) atoms. The molecule has 0 aromatic carbocycles. The van der Waals surface area contributed by atoms with E-state index < -0.39 is 17.0 Å². The Hall–Kier alpha value is -1.16. The summed E-state index contributed by atoms with van der Waals surface area (Å²) in [6, 6.07) is 0. The van der Waals surface area contributed by atoms with Gasteiger partial charge in [0.05, 0.1) is 0 Å². The molecule has 0 amide bonds. The lowest BCUT2D eigenvalue weighted by Crippen LogP contribution is -2.57. The molecular formula is C20H28O4. The highest BCUT2D eigenvalue weighted by Crippen LogP contribution is 2.67. The van der Waals surface area contributed by atoms with Gasteiger partial charge in [-0.3, -0.25) is 4.79 Å². The van der Waals surface area contributed by atoms with Crippen LogP contribution in [0, 0.1) is 28.6 Å². The molecule has 0 heterocycles. The lowest BCUT2D eigenvalue weighted by atomic mass is 9.46. The van der Waals surface area contributed by atoms with Crippen molar-refractivity contribution < 1.29 is 19.8 Å². The van der Waals surface area contributed by atoms with Crippen LogP contribution in [0.3, 0.4) is 0 Å². The van der Waals surface area contributed by atoms with Crippen molar-refractivity contribution >= 4 is 11.8 Å². The summed E-state index contributed by atoms with van der Waals surface area (Å²) < 4.78 is 0. The Bertz CT molecular complexity index is 638. The molecule has 0 spiro atoms. The Kier molecular flexibility index (Phi) is 3.36. The number of hydrogen-bond donors (Lipinski definition) is 2. The molecule has 1 unspecified atom stereocenters. The van der Waals surface area contributed by atoms with E-state index in [9.17, 15) is 19.8 Å². The summed E-state index contributed by atoms with van der Waals surface area (Å²) in [5, 5.41) is 20.5. The van der Waals surface area contributed by atoms with Crippen molar-refractivity contribution in [2.75, 3.05) is 0 Å². The Morgan fingerprint density at radius 1 is 1.08 bits per heavy atom. The van der Waals surface area contributed by atoms with Gasteiger partial charge in [0, 0.05) is 11.8 Å². The largest absolute Gasteiger partial charge is 0.479 e. The predicted molar refractivity (Wildman–Crippen MR) is 89.3 cm³/mol. The number of aliphatic carboxylic acids is 1. The van der Waals surface area contributed by atoms with Gasteiger partial charge >= 0.3 is 5.97 Å². The van der Waals surface area contributed by atoms with Gasteiger partial charge in [-0.1, -0.05) is 19.4 Å². The van der Waals surface area contributed by atoms with E-state index in [1.165, 1.54) is 5.57 Å². The Labute approximate surface area is 143 Å². The quantitative estimate of drug-likeness (QED) is 0.772. The first-order valence-corrected chi connectivity index (χ1v) is 9.42. The number of hydrogen-bond acceptors (Lipinski definition) is 3. The van der Waals surface area contributed by atoms with Crippen LogP contribution in [-0.2, 0) is 9.59 Å². The Balaban J connectivity index is 1.70. The molecule has 0 bridgehead atoms. The summed E-state index contributed by atoms with van der Waals surface area (Å²) in [6.45, 7) is 4.33. The highest BCUT2D eigenvalue weighted by molar-refractivity contribution is 5.91. The fraction of sp³-hybridized carbons (Fsp3) is 0.800. The molecule has 4 nitrogen and oxygen atoms in total. The van der Waals surface area contributed by atoms with Gasteiger partial charge in [0.15, 0.2) is 11.4 Å². The van der Waals surface area contributed by atoms with Crippen LogP contribution >= 0.6 is 0 Å². The predicted octanol–water partition coefficient (Wildman–Crippen LogP) is 3.33. The van der Waals surface area contributed by atoms with Crippen LogP contribution in [0.25, 0.3) is 0 Å². The normalized spacial score (nSPS) is 50.5. The summed E-state index contributed by atoms with van der Waals surface area (Å²) in [4.78, 5) is 23.6. The highest BCUT2D eigenvalue weighted by Gasteiger charge is 2.66. The Morgan fingerprint density at radius 3 is 2.50 bits per heavy atom. The van der Waals surface area contributed by atoms with Crippen molar-refractivity contribution in [3.63, 3.8) is 0 Å². The number of allylic oxidation sites excluding steroid dienone is 1. The van der Waals surface area contributed by atoms with Crippen molar-refractivity contribution in [3.05, 3.63) is 11.6 Å². The maximum atomic E-state index is 11.8. The van der Waals surface area contributed by atoms with Gasteiger partial charge in [-0.05, 0) is 74.2 Å². The summed E-state index contributed by atoms with van der Waals surface area (Å²) in [5.41, 5.74) is -0.651. The summed E-state index contributed by atoms with van der Waals surface area (Å²) in [6.07, 6.45) is 8.41. The van der Waals surface area contributed by atoms with E-state index in [2.05, 4.69) is 6.92 Å². The first kappa shape index (κ1) is 16.3. The first-order valence-electron chi connectivity index (χ1n) is 9.42. The van der Waals surface area contributed by atoms with Crippen LogP contribution in [0.5, 0.6) is 0 Å². The Morgan fingerprint density at radius 2 is 1.79 bits per heavy atom. The number of carbonyl (C=O) groups is 2. The van der Waals surface area contributed by atoms with E-state index >= 15 is 0 Å². The maximum Gasteiger partial charge on any atom is 0.336 e. The molecule has 4 aliphatic carbocycles. The number of carbonyl (C=O) groups excluding carboxylic acids is 1. The van der Waals surface area contributed by atoms with Crippen LogP contribution in [0.15, 0.2) is 11.6 Å². The topological polar surface area (TPSA) is 74.6 Å². The van der Waals surface area contributed by atoms with E-state index in [0.717, 1.165) is 38.5 Å². The molecule has 6 atom stereocenters. The molecule has 0 aliphatic heterocycles. The number of aliphatic hydroxyl groups is 1. The van der Waals surface area contributed by atoms with E-state index in [-0.39, 0.29) is 17.1 Å². The third-order valence-electron chi connectivity index (χ3n) is 8.47. The zero-order valence-electron chi connectivity index (χ0n) is 14.7. The minimum absolute atomic E-state index is 0.0993. The number of carboxylic acids is 1. The highest BCUT2D eigenvalue weighted by atomic mass is 16.4. The zero-order chi connectivity index (χ0) is 17.3. The lowest BCUT2D eigenvalue weighted by Gasteiger charge is -2.58. The maximum absolute atomic E-state index is 11.8. The fourth-order valence-corrected chi connectivity index (χ4v) is 6.93. The second-order valence-corrected chi connectivity index (χ2v) is 9.13. The molecule has 2 N–H and O–H groups in total. The second kappa shape index (κ2) is 4.94. The van der Waals surface area contributed by atoms with Gasteiger partial charge in [-0.2, -0.15) is 0 Å². The average Bonchev–Trinajstić information content (AvgIpc) is 2.81. The van der Waals surface area contributed by atoms with Gasteiger partial charge in [-0.15, -0.1) is 0 Å². The number of rotatable bonds is 1. The average molecular weight is 332 g/mol. The van der Waals surface area contributed by atoms with Gasteiger partial charge < -0.3 is 10.2 Å². The molecule has 3 saturated carbocycles. The first-order chi connectivity index (χ1) is 11.2. The minimum atomic E-state index is -1.57. The summed E-state index contributed by atoms with van der Waals surface area (Å²) >= 11 is 0. The molecule has 0 aromatic rings. The van der Waals surface area contributed by atoms with Gasteiger partial charge in [0.1, 0.15) is 0 Å². The monoisotopic (exact) mass is 332 g/mol. The third-order valence-corrected chi connectivity index (χ3v) is 8.47. The van der Waals surface area contributed by atoms with Crippen molar-refractivity contribution in [2.45, 2.75) is 70.8 Å². The van der Waals surface area contributed by atoms with Crippen molar-refractivity contribution in [3.8, 4) is 0 Å². The van der Waals surface area contributed by atoms with Crippen molar-refractivity contribution in [1.29, 1.82) is 0 Å². The van der Waals surface area contributed by atoms with Crippen LogP contribution in [0.2, 0.25) is 0 Å². The van der Waals surface area contributed by atoms with E-state index in [1.54, 1.807) is 0 Å². The van der Waals surface area contributed by atoms with Crippen molar-refractivity contribution in [2.24, 2.45) is 28.6 Å². The standard InChI is InChI=1S/C20H28O4/c1-18-8-5-13(21)11-12(18)3-4-14-15(18)6-9-19(2)16(14)7-10-20(19,24)17(22)23/h11,14-16,24H,3-10H2,1-2H3,(H,22,23)/t14-,15-,16+,18+,19+,20?/m1/s1. The molecule has 3 fully saturated rings. The van der Waals surface area contributed by atoms with Crippen molar-refractivity contribution in [1.82, 2.24) is 0 Å². The molecule has 0 aromatic heterocycles. The minimum Gasteiger partial charge on any atom is -0.479 e. The van der Waals surface area contributed by atoms with Crippen LogP contribution in [0.1, 0.15) is 65.2 Å². The SMILES string of the molecule is C[C@]12CCC(=O)C=C1CC[C@@H]1[C@H]2CC[C@@]2(C)[C@H]1CCC2(O)C(=O)O. The third kappa shape index (κ3) is 1.84. The van der Waals surface area contributed by atoms with Crippen LogP contribution in [0.4, 0.5) is 0 Å². The van der Waals surface area contributed by atoms with Gasteiger partial charge in [0.2, 0.25) is 0 Å². The molecule has 132 valence electrons. The second-order valence-electron chi connectivity index (χ2n) is 9.13. The molecular weight excluding hydrogens is 304 g/mol. The van der Waals surface area contributed by atoms with Crippen LogP contribution < -0.4 is 0 Å². The van der Waals surface area contributed by atoms with E-state index in [1.807, 2.05) is 13.0 Å². The molecule has 0 radical (unpaired) electrons. The molecule has 4 heteroatoms. The summed E-state index contributed by atoms with van der Waals surface area (Å²) in [5.74, 6) is 0.514. The number of fused-ring (bicyclic) bond motifs is 5. The molecule has 0 saturated heterocycles. The van der Waals surface area contributed by atoms with E-state index in [0.29, 0.717) is 24.7 Å². The summed E-state index contributed by atoms with van der Waals surface area (Å²) in [7, 11) is 0. The number of carboxylic acid groups (broad SMARTS) is 1. The van der Waals surface area contributed by atoms with Gasteiger partial charge in [0.25, 0.3) is 0 Å². The zero-order valence-corrected chi connectivity index (χ0v) is 14.7. The smallest absolute Gasteiger partial charge is 0.336 e.